The number of rotatable bonds is 4. The number of hydrogen-bond donors (Lipinski definition) is 1. The van der Waals surface area contributed by atoms with Crippen LogP contribution in [0.5, 0.6) is 5.75 Å². The molecule has 0 radical (unpaired) electrons. The maximum atomic E-state index is 10.9. The second-order valence-electron chi connectivity index (χ2n) is 4.52. The van der Waals surface area contributed by atoms with Crippen molar-refractivity contribution in [3.05, 3.63) is 28.2 Å². The molecule has 98 valence electrons. The molecular formula is C13H16BrNO3. The van der Waals surface area contributed by atoms with Crippen LogP contribution in [0.4, 0.5) is 0 Å². The molecule has 0 aliphatic carbocycles. The molecule has 1 aromatic carbocycles. The first-order chi connectivity index (χ1) is 8.60. The zero-order chi connectivity index (χ0) is 13.1. The van der Waals surface area contributed by atoms with Gasteiger partial charge < -0.3 is 9.84 Å². The standard InChI is InChI=1S/C13H16BrNO3/c1-18-11-2-3-12(14)10(6-11)8-15-5-4-9(7-15)13(16)17/h2-3,6,9H,4-5,7-8H2,1H3,(H,16,17). The largest absolute Gasteiger partial charge is 0.497 e. The van der Waals surface area contributed by atoms with E-state index in [9.17, 15) is 4.79 Å². The summed E-state index contributed by atoms with van der Waals surface area (Å²) >= 11 is 3.51. The topological polar surface area (TPSA) is 49.8 Å². The van der Waals surface area contributed by atoms with Gasteiger partial charge >= 0.3 is 5.97 Å². The molecule has 0 aromatic heterocycles. The summed E-state index contributed by atoms with van der Waals surface area (Å²) in [5, 5.41) is 8.98. The lowest BCUT2D eigenvalue weighted by Gasteiger charge is -2.16. The molecule has 0 saturated carbocycles. The zero-order valence-corrected chi connectivity index (χ0v) is 11.8. The number of methoxy groups -OCH3 is 1. The summed E-state index contributed by atoms with van der Waals surface area (Å²) in [5.41, 5.74) is 1.13. The lowest BCUT2D eigenvalue weighted by Crippen LogP contribution is -2.23. The summed E-state index contributed by atoms with van der Waals surface area (Å²) in [7, 11) is 1.64. The molecule has 1 atom stereocenters. The Morgan fingerprint density at radius 2 is 2.39 bits per heavy atom. The smallest absolute Gasteiger partial charge is 0.307 e. The quantitative estimate of drug-likeness (QED) is 0.927. The molecule has 1 aliphatic heterocycles. The van der Waals surface area contributed by atoms with E-state index in [-0.39, 0.29) is 5.92 Å². The Morgan fingerprint density at radius 1 is 1.61 bits per heavy atom. The fraction of sp³-hybridized carbons (Fsp3) is 0.462. The molecule has 1 saturated heterocycles. The summed E-state index contributed by atoms with van der Waals surface area (Å²) in [6.45, 7) is 2.21. The number of carboxylic acids is 1. The fourth-order valence-corrected chi connectivity index (χ4v) is 2.59. The summed E-state index contributed by atoms with van der Waals surface area (Å²) in [4.78, 5) is 13.1. The van der Waals surface area contributed by atoms with E-state index >= 15 is 0 Å². The van der Waals surface area contributed by atoms with Crippen molar-refractivity contribution >= 4 is 21.9 Å². The van der Waals surface area contributed by atoms with E-state index in [1.165, 1.54) is 0 Å². The molecule has 0 amide bonds. The number of likely N-dealkylation sites (tertiary alicyclic amines) is 1. The molecule has 1 aromatic rings. The molecule has 1 N–H and O–H groups in total. The maximum Gasteiger partial charge on any atom is 0.307 e. The minimum atomic E-state index is -0.692. The van der Waals surface area contributed by atoms with E-state index in [2.05, 4.69) is 20.8 Å². The van der Waals surface area contributed by atoms with Crippen molar-refractivity contribution in [1.29, 1.82) is 0 Å². The van der Waals surface area contributed by atoms with Gasteiger partial charge in [-0.2, -0.15) is 0 Å². The molecule has 1 aliphatic rings. The number of carboxylic acid groups (broad SMARTS) is 1. The number of carbonyl (C=O) groups is 1. The van der Waals surface area contributed by atoms with Crippen LogP contribution in [0.2, 0.25) is 0 Å². The van der Waals surface area contributed by atoms with Gasteiger partial charge in [0.2, 0.25) is 0 Å². The minimum Gasteiger partial charge on any atom is -0.497 e. The normalized spacial score (nSPS) is 20.0. The molecule has 18 heavy (non-hydrogen) atoms. The van der Waals surface area contributed by atoms with Crippen molar-refractivity contribution in [2.24, 2.45) is 5.92 Å². The third kappa shape index (κ3) is 3.03. The van der Waals surface area contributed by atoms with Gasteiger partial charge in [-0.15, -0.1) is 0 Å². The Morgan fingerprint density at radius 3 is 3.00 bits per heavy atom. The van der Waals surface area contributed by atoms with Crippen molar-refractivity contribution in [3.63, 3.8) is 0 Å². The number of nitrogens with zero attached hydrogens (tertiary/aromatic N) is 1. The molecule has 0 bridgehead atoms. The highest BCUT2D eigenvalue weighted by molar-refractivity contribution is 9.10. The van der Waals surface area contributed by atoms with Gasteiger partial charge in [-0.3, -0.25) is 9.69 Å². The van der Waals surface area contributed by atoms with Gasteiger partial charge in [-0.05, 0) is 36.7 Å². The Bertz CT molecular complexity index is 450. The molecule has 1 heterocycles. The van der Waals surface area contributed by atoms with Crippen LogP contribution in [0.25, 0.3) is 0 Å². The van der Waals surface area contributed by atoms with Crippen LogP contribution in [0.1, 0.15) is 12.0 Å². The third-order valence-corrected chi connectivity index (χ3v) is 4.04. The highest BCUT2D eigenvalue weighted by Gasteiger charge is 2.28. The zero-order valence-electron chi connectivity index (χ0n) is 10.2. The van der Waals surface area contributed by atoms with E-state index < -0.39 is 5.97 Å². The van der Waals surface area contributed by atoms with Gasteiger partial charge in [0.25, 0.3) is 0 Å². The molecule has 2 rings (SSSR count). The highest BCUT2D eigenvalue weighted by atomic mass is 79.9. The number of aliphatic carboxylic acids is 1. The number of benzene rings is 1. The number of ether oxygens (including phenoxy) is 1. The molecule has 4 nitrogen and oxygen atoms in total. The third-order valence-electron chi connectivity index (χ3n) is 3.27. The van der Waals surface area contributed by atoms with Crippen molar-refractivity contribution in [2.45, 2.75) is 13.0 Å². The molecule has 0 spiro atoms. The van der Waals surface area contributed by atoms with Crippen LogP contribution in [0.15, 0.2) is 22.7 Å². The van der Waals surface area contributed by atoms with Crippen LogP contribution in [0, 0.1) is 5.92 Å². The van der Waals surface area contributed by atoms with Gasteiger partial charge in [-0.25, -0.2) is 0 Å². The monoisotopic (exact) mass is 313 g/mol. The minimum absolute atomic E-state index is 0.227. The van der Waals surface area contributed by atoms with Crippen LogP contribution >= 0.6 is 15.9 Å². The summed E-state index contributed by atoms with van der Waals surface area (Å²) in [6, 6.07) is 5.84. The van der Waals surface area contributed by atoms with Crippen LogP contribution < -0.4 is 4.74 Å². The van der Waals surface area contributed by atoms with E-state index in [0.717, 1.165) is 35.3 Å². The van der Waals surface area contributed by atoms with Gasteiger partial charge in [0, 0.05) is 17.6 Å². The summed E-state index contributed by atoms with van der Waals surface area (Å²) in [5.74, 6) is -0.0984. The van der Waals surface area contributed by atoms with E-state index in [1.54, 1.807) is 7.11 Å². The molecule has 1 unspecified atom stereocenters. The van der Waals surface area contributed by atoms with Crippen LogP contribution in [0.3, 0.4) is 0 Å². The molecule has 1 fully saturated rings. The fourth-order valence-electron chi connectivity index (χ4n) is 2.22. The first kappa shape index (κ1) is 13.4. The van der Waals surface area contributed by atoms with E-state index in [4.69, 9.17) is 9.84 Å². The Kier molecular flexibility index (Phi) is 4.24. The SMILES string of the molecule is COc1ccc(Br)c(CN2CCC(C(=O)O)C2)c1. The van der Waals surface area contributed by atoms with Gasteiger partial charge in [0.05, 0.1) is 13.0 Å². The summed E-state index contributed by atoms with van der Waals surface area (Å²) < 4.78 is 6.23. The highest BCUT2D eigenvalue weighted by Crippen LogP contribution is 2.26. The molecular weight excluding hydrogens is 298 g/mol. The summed E-state index contributed by atoms with van der Waals surface area (Å²) in [6.07, 6.45) is 0.733. The Balaban J connectivity index is 2.04. The average Bonchev–Trinajstić information content (AvgIpc) is 2.81. The van der Waals surface area contributed by atoms with Gasteiger partial charge in [-0.1, -0.05) is 15.9 Å². The van der Waals surface area contributed by atoms with Crippen LogP contribution in [-0.2, 0) is 11.3 Å². The number of halogens is 1. The first-order valence-corrected chi connectivity index (χ1v) is 6.67. The predicted octanol–water partition coefficient (Wildman–Crippen LogP) is 2.36. The second-order valence-corrected chi connectivity index (χ2v) is 5.37. The number of hydrogen-bond acceptors (Lipinski definition) is 3. The average molecular weight is 314 g/mol. The lowest BCUT2D eigenvalue weighted by molar-refractivity contribution is -0.141. The Hall–Kier alpha value is -1.07. The lowest BCUT2D eigenvalue weighted by atomic mass is 10.1. The first-order valence-electron chi connectivity index (χ1n) is 5.87. The van der Waals surface area contributed by atoms with Crippen molar-refractivity contribution in [1.82, 2.24) is 4.90 Å². The Labute approximate surface area is 115 Å². The second kappa shape index (κ2) is 5.71. The predicted molar refractivity (Wildman–Crippen MR) is 71.7 cm³/mol. The maximum absolute atomic E-state index is 10.9. The van der Waals surface area contributed by atoms with Crippen molar-refractivity contribution in [2.75, 3.05) is 20.2 Å². The van der Waals surface area contributed by atoms with Crippen molar-refractivity contribution in [3.8, 4) is 5.75 Å². The van der Waals surface area contributed by atoms with Gasteiger partial charge in [0.1, 0.15) is 5.75 Å². The van der Waals surface area contributed by atoms with E-state index in [1.807, 2.05) is 18.2 Å². The van der Waals surface area contributed by atoms with Gasteiger partial charge in [0.15, 0.2) is 0 Å². The van der Waals surface area contributed by atoms with Crippen molar-refractivity contribution < 1.29 is 14.6 Å². The van der Waals surface area contributed by atoms with E-state index in [0.29, 0.717) is 6.54 Å². The van der Waals surface area contributed by atoms with Crippen LogP contribution in [-0.4, -0.2) is 36.2 Å². The molecule has 5 heteroatoms.